The number of amides is 1. The number of piperidine rings is 1. The first-order valence-electron chi connectivity index (χ1n) is 11.9. The first-order chi connectivity index (χ1) is 16.7. The van der Waals surface area contributed by atoms with E-state index >= 15 is 0 Å². The minimum atomic E-state index is -0.527. The second-order valence-corrected chi connectivity index (χ2v) is 10.1. The fourth-order valence-corrected chi connectivity index (χ4v) is 4.64. The zero-order chi connectivity index (χ0) is 24.7. The number of hydrogen-bond donors (Lipinski definition) is 3. The average Bonchev–Trinajstić information content (AvgIpc) is 3.17. The second kappa shape index (κ2) is 8.75. The molecule has 5 rings (SSSR count). The Balaban J connectivity index is 1.45. The fraction of sp³-hybridized carbons (Fsp3) is 0.440. The van der Waals surface area contributed by atoms with Gasteiger partial charge in [-0.3, -0.25) is 4.79 Å². The van der Waals surface area contributed by atoms with Gasteiger partial charge in [0.15, 0.2) is 6.29 Å². The summed E-state index contributed by atoms with van der Waals surface area (Å²) >= 11 is 0. The van der Waals surface area contributed by atoms with E-state index in [-0.39, 0.29) is 23.9 Å². The molecule has 2 aliphatic heterocycles. The van der Waals surface area contributed by atoms with Crippen molar-refractivity contribution in [2.24, 2.45) is 4.99 Å². The summed E-state index contributed by atoms with van der Waals surface area (Å²) in [5.74, 6) is 0.0987. The van der Waals surface area contributed by atoms with E-state index in [2.05, 4.69) is 20.6 Å². The summed E-state index contributed by atoms with van der Waals surface area (Å²) in [5.41, 5.74) is 3.41. The van der Waals surface area contributed by atoms with E-state index in [1.54, 1.807) is 17.2 Å². The zero-order valence-corrected chi connectivity index (χ0v) is 20.5. The Hall–Kier alpha value is -3.82. The minimum absolute atomic E-state index is 0.0987. The number of benzene rings is 1. The molecule has 35 heavy (non-hydrogen) atoms. The van der Waals surface area contributed by atoms with Crippen LogP contribution < -0.4 is 16.2 Å². The fourth-order valence-electron chi connectivity index (χ4n) is 4.64. The van der Waals surface area contributed by atoms with Crippen LogP contribution in [-0.2, 0) is 4.74 Å². The van der Waals surface area contributed by atoms with Gasteiger partial charge in [0.2, 0.25) is 0 Å². The number of ether oxygens (including phenoxy) is 1. The number of likely N-dealkylation sites (tertiary alicyclic amines) is 1. The van der Waals surface area contributed by atoms with Gasteiger partial charge in [0.05, 0.1) is 22.3 Å². The lowest BCUT2D eigenvalue weighted by molar-refractivity contribution is 0.0203. The monoisotopic (exact) mass is 477 g/mol. The van der Waals surface area contributed by atoms with Crippen molar-refractivity contribution in [1.29, 1.82) is 0 Å². The summed E-state index contributed by atoms with van der Waals surface area (Å²) in [6.07, 6.45) is 4.52. The average molecular weight is 478 g/mol. The van der Waals surface area contributed by atoms with Gasteiger partial charge in [0, 0.05) is 37.0 Å². The van der Waals surface area contributed by atoms with Crippen LogP contribution in [0.25, 0.3) is 16.6 Å². The van der Waals surface area contributed by atoms with Crippen molar-refractivity contribution >= 4 is 34.5 Å². The van der Waals surface area contributed by atoms with E-state index in [0.717, 1.165) is 40.8 Å². The van der Waals surface area contributed by atoms with Crippen molar-refractivity contribution in [3.63, 3.8) is 0 Å². The van der Waals surface area contributed by atoms with Crippen LogP contribution >= 0.6 is 0 Å². The van der Waals surface area contributed by atoms with E-state index in [4.69, 9.17) is 9.84 Å². The Labute approximate surface area is 203 Å². The van der Waals surface area contributed by atoms with Crippen LogP contribution in [0, 0.1) is 0 Å². The van der Waals surface area contributed by atoms with Crippen molar-refractivity contribution in [3.8, 4) is 0 Å². The lowest BCUT2D eigenvalue weighted by Gasteiger charge is -2.33. The van der Waals surface area contributed by atoms with E-state index in [9.17, 15) is 9.59 Å². The predicted octanol–water partition coefficient (Wildman–Crippen LogP) is 3.56. The maximum Gasteiger partial charge on any atom is 0.410 e. The number of H-pyrrole nitrogens is 1. The molecule has 1 unspecified atom stereocenters. The third kappa shape index (κ3) is 4.73. The normalized spacial score (nSPS) is 19.0. The van der Waals surface area contributed by atoms with Crippen molar-refractivity contribution in [1.82, 2.24) is 24.8 Å². The summed E-state index contributed by atoms with van der Waals surface area (Å²) in [6.45, 7) is 8.72. The number of aromatic amines is 1. The van der Waals surface area contributed by atoms with Crippen LogP contribution in [0.4, 0.5) is 10.5 Å². The van der Waals surface area contributed by atoms with Gasteiger partial charge >= 0.3 is 6.09 Å². The Kier molecular flexibility index (Phi) is 5.74. The summed E-state index contributed by atoms with van der Waals surface area (Å²) in [5, 5.41) is 12.4. The molecule has 0 bridgehead atoms. The van der Waals surface area contributed by atoms with Gasteiger partial charge in [-0.15, -0.1) is 0 Å². The summed E-state index contributed by atoms with van der Waals surface area (Å²) in [4.78, 5) is 34.3. The summed E-state index contributed by atoms with van der Waals surface area (Å²) in [7, 11) is 0. The first kappa shape index (κ1) is 22.9. The SMILES string of the molecule is CC1=CC=NC(Nc2cccc3nn4c(C5CCN(C(=O)OC(C)(C)C)CC5)cc(=O)[nH]c4c23)N1. The Morgan fingerprint density at radius 1 is 1.23 bits per heavy atom. The lowest BCUT2D eigenvalue weighted by Crippen LogP contribution is -2.41. The standard InChI is InChI=1S/C25H31N7O3/c1-15-8-11-26-23(27-15)28-17-6-5-7-18-21(17)22-29-20(33)14-19(32(22)30-18)16-9-12-31(13-10-16)24(34)35-25(2,3)4/h5-8,11,14,16,23,27-28H,9-10,12-13H2,1-4H3,(H,29,33). The number of fused-ring (bicyclic) bond motifs is 3. The number of carbonyl (C=O) groups excluding carboxylic acids is 1. The quantitative estimate of drug-likeness (QED) is 0.531. The molecule has 0 spiro atoms. The van der Waals surface area contributed by atoms with Gasteiger partial charge in [-0.1, -0.05) is 6.07 Å². The number of hydrogen-bond acceptors (Lipinski definition) is 7. The number of aromatic nitrogens is 3. The van der Waals surface area contributed by atoms with Crippen LogP contribution in [0.15, 0.2) is 45.8 Å². The molecule has 3 aromatic rings. The van der Waals surface area contributed by atoms with Gasteiger partial charge in [0.1, 0.15) is 11.2 Å². The first-order valence-corrected chi connectivity index (χ1v) is 11.9. The van der Waals surface area contributed by atoms with Crippen LogP contribution in [0.2, 0.25) is 0 Å². The van der Waals surface area contributed by atoms with Crippen molar-refractivity contribution in [3.05, 3.63) is 52.1 Å². The maximum absolute atomic E-state index is 12.7. The highest BCUT2D eigenvalue weighted by Gasteiger charge is 2.29. The maximum atomic E-state index is 12.7. The van der Waals surface area contributed by atoms with Gasteiger partial charge in [0.25, 0.3) is 5.56 Å². The van der Waals surface area contributed by atoms with Crippen LogP contribution in [-0.4, -0.2) is 56.8 Å². The highest BCUT2D eigenvalue weighted by Crippen LogP contribution is 2.32. The molecule has 1 atom stereocenters. The summed E-state index contributed by atoms with van der Waals surface area (Å²) < 4.78 is 7.36. The lowest BCUT2D eigenvalue weighted by atomic mass is 9.93. The molecule has 184 valence electrons. The molecule has 1 aromatic carbocycles. The van der Waals surface area contributed by atoms with E-state index in [1.807, 2.05) is 56.5 Å². The number of rotatable bonds is 3. The van der Waals surface area contributed by atoms with E-state index < -0.39 is 5.60 Å². The molecule has 3 N–H and O–H groups in total. The molecule has 10 nitrogen and oxygen atoms in total. The molecule has 1 fully saturated rings. The van der Waals surface area contributed by atoms with Gasteiger partial charge in [-0.2, -0.15) is 5.10 Å². The predicted molar refractivity (Wildman–Crippen MR) is 136 cm³/mol. The topological polar surface area (TPSA) is 116 Å². The molecular weight excluding hydrogens is 446 g/mol. The van der Waals surface area contributed by atoms with Crippen molar-refractivity contribution in [2.45, 2.75) is 58.3 Å². The van der Waals surface area contributed by atoms with Gasteiger partial charge in [-0.05, 0) is 58.7 Å². The Morgan fingerprint density at radius 3 is 2.71 bits per heavy atom. The number of carbonyl (C=O) groups is 1. The third-order valence-corrected chi connectivity index (χ3v) is 6.25. The molecule has 2 aliphatic rings. The third-order valence-electron chi connectivity index (χ3n) is 6.25. The molecular formula is C25H31N7O3. The molecule has 1 amide bonds. The molecule has 10 heteroatoms. The number of allylic oxidation sites excluding steroid dienone is 2. The largest absolute Gasteiger partial charge is 0.444 e. The molecule has 0 aliphatic carbocycles. The minimum Gasteiger partial charge on any atom is -0.444 e. The van der Waals surface area contributed by atoms with E-state index in [1.165, 1.54) is 0 Å². The Morgan fingerprint density at radius 2 is 2.00 bits per heavy atom. The Bertz CT molecular complexity index is 1390. The van der Waals surface area contributed by atoms with Crippen molar-refractivity contribution in [2.75, 3.05) is 18.4 Å². The zero-order valence-electron chi connectivity index (χ0n) is 20.5. The van der Waals surface area contributed by atoms with Gasteiger partial charge < -0.3 is 25.3 Å². The number of aliphatic imine (C=N–C) groups is 1. The number of anilines is 1. The number of nitrogens with zero attached hydrogens (tertiary/aromatic N) is 4. The molecule has 0 radical (unpaired) electrons. The summed E-state index contributed by atoms with van der Waals surface area (Å²) in [6, 6.07) is 7.45. The molecule has 1 saturated heterocycles. The second-order valence-electron chi connectivity index (χ2n) is 10.1. The number of nitrogens with one attached hydrogen (secondary N) is 3. The molecule has 4 heterocycles. The molecule has 0 saturated carbocycles. The van der Waals surface area contributed by atoms with Gasteiger partial charge in [-0.25, -0.2) is 14.3 Å². The highest BCUT2D eigenvalue weighted by atomic mass is 16.6. The molecule has 2 aromatic heterocycles. The van der Waals surface area contributed by atoms with Crippen molar-refractivity contribution < 1.29 is 9.53 Å². The van der Waals surface area contributed by atoms with E-state index in [0.29, 0.717) is 18.7 Å². The highest BCUT2D eigenvalue weighted by molar-refractivity contribution is 6.02. The van der Waals surface area contributed by atoms with Crippen LogP contribution in [0.1, 0.15) is 52.1 Å². The van der Waals surface area contributed by atoms with Crippen LogP contribution in [0.5, 0.6) is 0 Å². The van der Waals surface area contributed by atoms with Crippen LogP contribution in [0.3, 0.4) is 0 Å². The smallest absolute Gasteiger partial charge is 0.410 e.